The van der Waals surface area contributed by atoms with Gasteiger partial charge in [0.15, 0.2) is 0 Å². The molecule has 0 radical (unpaired) electrons. The molecule has 0 saturated heterocycles. The number of rotatable bonds is 7. The molecule has 0 saturated carbocycles. The van der Waals surface area contributed by atoms with Gasteiger partial charge in [0.25, 0.3) is 0 Å². The van der Waals surface area contributed by atoms with Crippen molar-refractivity contribution in [1.82, 2.24) is 14.9 Å². The molecule has 102 valence electrons. The van der Waals surface area contributed by atoms with Crippen molar-refractivity contribution >= 4 is 5.82 Å². The summed E-state index contributed by atoms with van der Waals surface area (Å²) in [7, 11) is 4.21. The van der Waals surface area contributed by atoms with Crippen LogP contribution in [0, 0.1) is 6.92 Å². The van der Waals surface area contributed by atoms with Crippen molar-refractivity contribution in [2.75, 3.05) is 32.5 Å². The van der Waals surface area contributed by atoms with E-state index in [9.17, 15) is 0 Å². The Bertz CT molecular complexity index is 361. The molecule has 1 heterocycles. The summed E-state index contributed by atoms with van der Waals surface area (Å²) in [5, 5.41) is 3.38. The number of aromatic nitrogens is 2. The number of nitrogens with zero attached hydrogens (tertiary/aromatic N) is 3. The average molecular weight is 250 g/mol. The molecule has 0 fully saturated rings. The highest BCUT2D eigenvalue weighted by atomic mass is 15.1. The van der Waals surface area contributed by atoms with E-state index in [4.69, 9.17) is 0 Å². The van der Waals surface area contributed by atoms with Crippen LogP contribution in [0.2, 0.25) is 0 Å². The smallest absolute Gasteiger partial charge is 0.133 e. The molecule has 0 aliphatic carbocycles. The van der Waals surface area contributed by atoms with E-state index < -0.39 is 0 Å². The summed E-state index contributed by atoms with van der Waals surface area (Å²) in [5.41, 5.74) is 1.03. The molecule has 0 aliphatic heterocycles. The Labute approximate surface area is 111 Å². The molecule has 0 spiro atoms. The van der Waals surface area contributed by atoms with Gasteiger partial charge in [0.2, 0.25) is 0 Å². The minimum atomic E-state index is 0.374. The van der Waals surface area contributed by atoms with Crippen LogP contribution >= 0.6 is 0 Å². The van der Waals surface area contributed by atoms with Crippen molar-refractivity contribution < 1.29 is 0 Å². The Balaban J connectivity index is 2.42. The predicted octanol–water partition coefficient (Wildman–Crippen LogP) is 2.66. The second-order valence-corrected chi connectivity index (χ2v) is 5.34. The Hall–Kier alpha value is -1.16. The second-order valence-electron chi connectivity index (χ2n) is 5.34. The van der Waals surface area contributed by atoms with E-state index in [-0.39, 0.29) is 0 Å². The van der Waals surface area contributed by atoms with Crippen molar-refractivity contribution in [2.24, 2.45) is 0 Å². The molecule has 1 N–H and O–H groups in total. The lowest BCUT2D eigenvalue weighted by molar-refractivity contribution is 0.396. The van der Waals surface area contributed by atoms with Gasteiger partial charge in [0, 0.05) is 24.2 Å². The number of anilines is 1. The fraction of sp³-hybridized carbons (Fsp3) is 0.714. The van der Waals surface area contributed by atoms with Crippen LogP contribution < -0.4 is 5.32 Å². The topological polar surface area (TPSA) is 41.0 Å². The van der Waals surface area contributed by atoms with E-state index in [1.807, 2.05) is 13.0 Å². The first-order valence-corrected chi connectivity index (χ1v) is 6.73. The van der Waals surface area contributed by atoms with Gasteiger partial charge >= 0.3 is 0 Å². The third kappa shape index (κ3) is 5.45. The molecule has 0 unspecified atom stereocenters. The fourth-order valence-corrected chi connectivity index (χ4v) is 1.71. The lowest BCUT2D eigenvalue weighted by Crippen LogP contribution is -2.14. The highest BCUT2D eigenvalue weighted by Crippen LogP contribution is 2.13. The minimum Gasteiger partial charge on any atom is -0.370 e. The first-order chi connectivity index (χ1) is 8.49. The van der Waals surface area contributed by atoms with Crippen LogP contribution in [0.3, 0.4) is 0 Å². The summed E-state index contributed by atoms with van der Waals surface area (Å²) in [4.78, 5) is 11.2. The fourth-order valence-electron chi connectivity index (χ4n) is 1.71. The van der Waals surface area contributed by atoms with E-state index in [1.165, 1.54) is 6.42 Å². The van der Waals surface area contributed by atoms with Crippen LogP contribution in [-0.2, 0) is 0 Å². The monoisotopic (exact) mass is 250 g/mol. The normalized spacial score (nSPS) is 11.3. The van der Waals surface area contributed by atoms with Gasteiger partial charge in [-0.05, 0) is 40.4 Å². The maximum atomic E-state index is 4.53. The van der Waals surface area contributed by atoms with Gasteiger partial charge in [-0.25, -0.2) is 9.97 Å². The van der Waals surface area contributed by atoms with Crippen LogP contribution in [0.25, 0.3) is 0 Å². The molecule has 4 heteroatoms. The first kappa shape index (κ1) is 14.9. The molecular weight excluding hydrogens is 224 g/mol. The Morgan fingerprint density at radius 2 is 1.94 bits per heavy atom. The average Bonchev–Trinajstić information content (AvgIpc) is 2.27. The number of hydrogen-bond donors (Lipinski definition) is 1. The Kier molecular flexibility index (Phi) is 6.05. The van der Waals surface area contributed by atoms with Crippen molar-refractivity contribution in [2.45, 2.75) is 39.5 Å². The lowest BCUT2D eigenvalue weighted by atomic mass is 10.2. The molecule has 0 atom stereocenters. The van der Waals surface area contributed by atoms with E-state index in [0.29, 0.717) is 5.92 Å². The summed E-state index contributed by atoms with van der Waals surface area (Å²) in [6.45, 7) is 8.37. The maximum absolute atomic E-state index is 4.53. The van der Waals surface area contributed by atoms with Crippen LogP contribution in [0.4, 0.5) is 5.82 Å². The second kappa shape index (κ2) is 7.31. The van der Waals surface area contributed by atoms with Gasteiger partial charge in [-0.1, -0.05) is 13.8 Å². The molecule has 1 aromatic heterocycles. The molecule has 4 nitrogen and oxygen atoms in total. The molecular formula is C14H26N4. The van der Waals surface area contributed by atoms with Crippen LogP contribution in [0.1, 0.15) is 44.1 Å². The molecule has 1 rings (SSSR count). The van der Waals surface area contributed by atoms with Crippen molar-refractivity contribution in [3.05, 3.63) is 17.6 Å². The van der Waals surface area contributed by atoms with Crippen LogP contribution in [0.15, 0.2) is 6.07 Å². The molecule has 0 aromatic carbocycles. The highest BCUT2D eigenvalue weighted by molar-refractivity contribution is 5.36. The van der Waals surface area contributed by atoms with Gasteiger partial charge in [-0.15, -0.1) is 0 Å². The standard InChI is InChI=1S/C14H26N4/c1-11(2)14-16-12(3)10-13(17-14)15-8-6-7-9-18(4)5/h10-11H,6-9H2,1-5H3,(H,15,16,17). The SMILES string of the molecule is Cc1cc(NCCCCN(C)C)nc(C(C)C)n1. The van der Waals surface area contributed by atoms with Crippen LogP contribution in [-0.4, -0.2) is 42.1 Å². The third-order valence-corrected chi connectivity index (χ3v) is 2.73. The summed E-state index contributed by atoms with van der Waals surface area (Å²) in [6, 6.07) is 2.01. The molecule has 0 aliphatic rings. The van der Waals surface area contributed by atoms with Gasteiger partial charge in [0.1, 0.15) is 11.6 Å². The lowest BCUT2D eigenvalue weighted by Gasteiger charge is -2.11. The quantitative estimate of drug-likeness (QED) is 0.755. The van der Waals surface area contributed by atoms with Crippen molar-refractivity contribution in [1.29, 1.82) is 0 Å². The highest BCUT2D eigenvalue weighted by Gasteiger charge is 2.05. The van der Waals surface area contributed by atoms with E-state index in [2.05, 4.69) is 48.1 Å². The van der Waals surface area contributed by atoms with E-state index >= 15 is 0 Å². The summed E-state index contributed by atoms with van der Waals surface area (Å²) in [6.07, 6.45) is 2.37. The largest absolute Gasteiger partial charge is 0.370 e. The Morgan fingerprint density at radius 1 is 1.22 bits per heavy atom. The molecule has 0 bridgehead atoms. The van der Waals surface area contributed by atoms with E-state index in [0.717, 1.165) is 36.8 Å². The van der Waals surface area contributed by atoms with Crippen LogP contribution in [0.5, 0.6) is 0 Å². The van der Waals surface area contributed by atoms with Crippen molar-refractivity contribution in [3.8, 4) is 0 Å². The van der Waals surface area contributed by atoms with Crippen molar-refractivity contribution in [3.63, 3.8) is 0 Å². The van der Waals surface area contributed by atoms with Gasteiger partial charge < -0.3 is 10.2 Å². The molecule has 18 heavy (non-hydrogen) atoms. The maximum Gasteiger partial charge on any atom is 0.133 e. The number of aryl methyl sites for hydroxylation is 1. The van der Waals surface area contributed by atoms with E-state index in [1.54, 1.807) is 0 Å². The number of hydrogen-bond acceptors (Lipinski definition) is 4. The Morgan fingerprint density at radius 3 is 2.56 bits per heavy atom. The number of unbranched alkanes of at least 4 members (excludes halogenated alkanes) is 1. The van der Waals surface area contributed by atoms with Gasteiger partial charge in [0.05, 0.1) is 0 Å². The third-order valence-electron chi connectivity index (χ3n) is 2.73. The molecule has 1 aromatic rings. The summed E-state index contributed by atoms with van der Waals surface area (Å²) in [5.74, 6) is 2.25. The van der Waals surface area contributed by atoms with Gasteiger partial charge in [-0.3, -0.25) is 0 Å². The van der Waals surface area contributed by atoms with Gasteiger partial charge in [-0.2, -0.15) is 0 Å². The first-order valence-electron chi connectivity index (χ1n) is 6.73. The number of nitrogens with one attached hydrogen (secondary N) is 1. The minimum absolute atomic E-state index is 0.374. The summed E-state index contributed by atoms with van der Waals surface area (Å²) < 4.78 is 0. The zero-order valence-electron chi connectivity index (χ0n) is 12.3. The zero-order chi connectivity index (χ0) is 13.5. The molecule has 0 amide bonds. The zero-order valence-corrected chi connectivity index (χ0v) is 12.3. The summed E-state index contributed by atoms with van der Waals surface area (Å²) >= 11 is 0. The predicted molar refractivity (Wildman–Crippen MR) is 77.1 cm³/mol.